The molecule has 6 nitrogen and oxygen atoms in total. The molecule has 0 fully saturated rings. The summed E-state index contributed by atoms with van der Waals surface area (Å²) in [7, 11) is 0. The molecule has 0 radical (unpaired) electrons. The van der Waals surface area contributed by atoms with Gasteiger partial charge in [0.25, 0.3) is 0 Å². The van der Waals surface area contributed by atoms with Crippen molar-refractivity contribution in [1.82, 2.24) is 9.97 Å². The van der Waals surface area contributed by atoms with E-state index in [4.69, 9.17) is 8.83 Å². The third-order valence-corrected chi connectivity index (χ3v) is 16.4. The van der Waals surface area contributed by atoms with Crippen LogP contribution >= 0.6 is 0 Å². The van der Waals surface area contributed by atoms with E-state index < -0.39 is 0 Å². The van der Waals surface area contributed by atoms with Crippen molar-refractivity contribution < 1.29 is 8.83 Å². The van der Waals surface area contributed by atoms with Crippen molar-refractivity contribution in [2.75, 3.05) is 9.80 Å². The lowest BCUT2D eigenvalue weighted by atomic mass is 9.91. The quantitative estimate of drug-likeness (QED) is 0.114. The topological polar surface area (TPSA) is 58.5 Å². The van der Waals surface area contributed by atoms with Gasteiger partial charge in [-0.1, -0.05) is 194 Å². The molecular formula is C78H50N4O2. The maximum Gasteiger partial charge on any atom is 0.143 e. The fourth-order valence-electron chi connectivity index (χ4n) is 12.5. The highest BCUT2D eigenvalue weighted by Gasteiger charge is 2.26. The number of aromatic nitrogens is 2. The molecule has 0 aliphatic heterocycles. The molecule has 0 N–H and O–H groups in total. The van der Waals surface area contributed by atoms with Crippen molar-refractivity contribution in [3.63, 3.8) is 0 Å². The Bertz CT molecular complexity index is 4710. The van der Waals surface area contributed by atoms with Crippen LogP contribution in [-0.4, -0.2) is 9.97 Å². The van der Waals surface area contributed by atoms with Crippen LogP contribution in [0.4, 0.5) is 34.1 Å². The van der Waals surface area contributed by atoms with Crippen LogP contribution in [0.3, 0.4) is 0 Å². The lowest BCUT2D eigenvalue weighted by molar-refractivity contribution is 0.632. The van der Waals surface area contributed by atoms with E-state index in [9.17, 15) is 0 Å². The second-order valence-corrected chi connectivity index (χ2v) is 21.3. The van der Waals surface area contributed by atoms with E-state index in [0.717, 1.165) is 145 Å². The van der Waals surface area contributed by atoms with Gasteiger partial charge in [-0.25, -0.2) is 0 Å². The summed E-state index contributed by atoms with van der Waals surface area (Å²) in [5.41, 5.74) is 18.4. The van der Waals surface area contributed by atoms with Gasteiger partial charge in [-0.15, -0.1) is 0 Å². The number of nitrogens with zero attached hydrogens (tertiary/aromatic N) is 4. The van der Waals surface area contributed by atoms with Gasteiger partial charge in [0.05, 0.1) is 11.4 Å². The Balaban J connectivity index is 0.895. The van der Waals surface area contributed by atoms with E-state index in [1.54, 1.807) is 0 Å². The third-order valence-electron chi connectivity index (χ3n) is 16.4. The maximum atomic E-state index is 7.02. The number of fused-ring (bicyclic) bond motifs is 2. The Morgan fingerprint density at radius 2 is 0.607 bits per heavy atom. The summed E-state index contributed by atoms with van der Waals surface area (Å²) in [6.07, 6.45) is 7.46. The number of benzene rings is 12. The van der Waals surface area contributed by atoms with Gasteiger partial charge in [-0.05, 0) is 128 Å². The molecule has 0 aliphatic carbocycles. The molecule has 0 unspecified atom stereocenters. The van der Waals surface area contributed by atoms with Gasteiger partial charge >= 0.3 is 0 Å². The Hall–Kier alpha value is -11.3. The van der Waals surface area contributed by atoms with Crippen molar-refractivity contribution in [3.8, 4) is 67.2 Å². The van der Waals surface area contributed by atoms with Gasteiger partial charge in [-0.3, -0.25) is 9.97 Å². The summed E-state index contributed by atoms with van der Waals surface area (Å²) >= 11 is 0. The molecule has 0 amide bonds. The highest BCUT2D eigenvalue weighted by Crippen LogP contribution is 2.51. The summed E-state index contributed by atoms with van der Waals surface area (Å²) in [6, 6.07) is 99.4. The number of anilines is 6. The molecule has 4 heterocycles. The molecular weight excluding hydrogens is 1020 g/mol. The van der Waals surface area contributed by atoms with Gasteiger partial charge in [-0.2, -0.15) is 0 Å². The lowest BCUT2D eigenvalue weighted by Crippen LogP contribution is -2.11. The second-order valence-electron chi connectivity index (χ2n) is 21.3. The number of furan rings is 2. The molecule has 16 aromatic rings. The summed E-state index contributed by atoms with van der Waals surface area (Å²) in [5, 5.41) is 9.04. The minimum Gasteiger partial charge on any atom is -0.455 e. The zero-order valence-corrected chi connectivity index (χ0v) is 45.5. The highest BCUT2D eigenvalue weighted by atomic mass is 16.3. The van der Waals surface area contributed by atoms with Gasteiger partial charge in [0.1, 0.15) is 22.7 Å². The fourth-order valence-corrected chi connectivity index (χ4v) is 12.5. The predicted molar refractivity (Wildman–Crippen MR) is 347 cm³/mol. The van der Waals surface area contributed by atoms with E-state index in [2.05, 4.69) is 275 Å². The second kappa shape index (κ2) is 20.3. The van der Waals surface area contributed by atoms with Gasteiger partial charge in [0.2, 0.25) is 0 Å². The largest absolute Gasteiger partial charge is 0.455 e. The molecule has 0 atom stereocenters. The monoisotopic (exact) mass is 1070 g/mol. The van der Waals surface area contributed by atoms with Crippen LogP contribution in [0.2, 0.25) is 0 Å². The van der Waals surface area contributed by atoms with Crippen LogP contribution in [0.1, 0.15) is 0 Å². The summed E-state index contributed by atoms with van der Waals surface area (Å²) in [5.74, 6) is 1.69. The average Bonchev–Trinajstić information content (AvgIpc) is 1.68. The Labute approximate surface area is 485 Å². The highest BCUT2D eigenvalue weighted by molar-refractivity contribution is 6.28. The molecule has 6 heteroatoms. The van der Waals surface area contributed by atoms with Crippen LogP contribution in [0.25, 0.3) is 121 Å². The van der Waals surface area contributed by atoms with Crippen LogP contribution in [0.15, 0.2) is 313 Å². The molecule has 0 aliphatic rings. The number of hydrogen-bond donors (Lipinski definition) is 0. The maximum absolute atomic E-state index is 7.02. The smallest absolute Gasteiger partial charge is 0.143 e. The zero-order chi connectivity index (χ0) is 55.5. The minimum absolute atomic E-state index is 0.804. The first-order valence-corrected chi connectivity index (χ1v) is 28.3. The molecule has 84 heavy (non-hydrogen) atoms. The zero-order valence-electron chi connectivity index (χ0n) is 45.5. The molecule has 12 aromatic carbocycles. The van der Waals surface area contributed by atoms with E-state index in [-0.39, 0.29) is 0 Å². The van der Waals surface area contributed by atoms with Crippen LogP contribution < -0.4 is 9.80 Å². The summed E-state index contributed by atoms with van der Waals surface area (Å²) in [6.45, 7) is 0. The molecule has 0 bridgehead atoms. The van der Waals surface area contributed by atoms with Crippen molar-refractivity contribution in [1.29, 1.82) is 0 Å². The van der Waals surface area contributed by atoms with E-state index >= 15 is 0 Å². The molecule has 0 saturated carbocycles. The van der Waals surface area contributed by atoms with Gasteiger partial charge < -0.3 is 18.6 Å². The first-order valence-electron chi connectivity index (χ1n) is 28.3. The summed E-state index contributed by atoms with van der Waals surface area (Å²) < 4.78 is 14.0. The van der Waals surface area contributed by atoms with E-state index in [0.29, 0.717) is 0 Å². The van der Waals surface area contributed by atoms with E-state index in [1.165, 1.54) is 10.8 Å². The minimum atomic E-state index is 0.804. The Morgan fingerprint density at radius 3 is 0.988 bits per heavy atom. The third kappa shape index (κ3) is 8.35. The number of rotatable bonds is 12. The van der Waals surface area contributed by atoms with Crippen LogP contribution in [0.5, 0.6) is 0 Å². The molecule has 4 aromatic heterocycles. The van der Waals surface area contributed by atoms with Gasteiger partial charge in [0, 0.05) is 103 Å². The van der Waals surface area contributed by atoms with Crippen molar-refractivity contribution in [2.45, 2.75) is 0 Å². The lowest BCUT2D eigenvalue weighted by Gasteiger charge is -2.29. The molecule has 394 valence electrons. The number of pyridine rings is 2. The standard InChI is InChI=1S/C78H50N4O2/c1-5-15-53(16-6-1)75-67-41-37-63(47-71(67)83-77(75)57-19-9-3-10-20-57)81(61-33-25-51(26-34-61)59-23-13-45-79-49-59)69-43-31-55-30-40-66-70(44-32-56-29-39-65(69)73(55)74(56)66)82(62-35-27-52(28-36-62)60-24-14-46-80-50-60)64-38-42-68-72(48-64)84-78(58-21-11-4-12-22-58)76(68)54-17-7-2-8-18-54/h1-50H. The molecule has 0 saturated heterocycles. The first kappa shape index (κ1) is 48.6. The summed E-state index contributed by atoms with van der Waals surface area (Å²) in [4.78, 5) is 13.7. The van der Waals surface area contributed by atoms with Crippen molar-refractivity contribution >= 4 is 88.4 Å². The SMILES string of the molecule is c1ccc(-c2oc3cc(N(c4ccc(-c5cccnc5)cc4)c4ccc5ccc6c(N(c7ccc(-c8cccnc8)cc7)c7ccc8c(-c9ccccc9)c(-c9ccccc9)oc8c7)ccc7ccc4c5c76)ccc3c2-c2ccccc2)cc1. The normalized spacial score (nSPS) is 11.6. The number of hydrogen-bond acceptors (Lipinski definition) is 6. The van der Waals surface area contributed by atoms with Crippen LogP contribution in [-0.2, 0) is 0 Å². The van der Waals surface area contributed by atoms with Crippen molar-refractivity contribution in [3.05, 3.63) is 304 Å². The average molecular weight is 1080 g/mol. The predicted octanol–water partition coefficient (Wildman–Crippen LogP) is 21.8. The Morgan fingerprint density at radius 1 is 0.262 bits per heavy atom. The molecule has 16 rings (SSSR count). The van der Waals surface area contributed by atoms with Gasteiger partial charge in [0.15, 0.2) is 0 Å². The molecule has 0 spiro atoms. The van der Waals surface area contributed by atoms with Crippen molar-refractivity contribution in [2.24, 2.45) is 0 Å². The fraction of sp³-hybridized carbons (Fsp3) is 0. The van der Waals surface area contributed by atoms with E-state index in [1.807, 2.05) is 49.1 Å². The Kier molecular flexibility index (Phi) is 11.8. The first-order chi connectivity index (χ1) is 41.7. The van der Waals surface area contributed by atoms with Crippen LogP contribution in [0, 0.1) is 0 Å².